The minimum atomic E-state index is -0.460. The minimum absolute atomic E-state index is 0.372. The Balaban J connectivity index is 2.31. The molecule has 0 aliphatic carbocycles. The van der Waals surface area contributed by atoms with Crippen LogP contribution in [0.25, 0.3) is 0 Å². The molecule has 0 saturated carbocycles. The fourth-order valence-electron chi connectivity index (χ4n) is 1.93. The summed E-state index contributed by atoms with van der Waals surface area (Å²) in [4.78, 5) is 0. The van der Waals surface area contributed by atoms with Crippen molar-refractivity contribution in [2.24, 2.45) is 0 Å². The van der Waals surface area contributed by atoms with Gasteiger partial charge in [0, 0.05) is 10.5 Å². The maximum absolute atomic E-state index is 6.25. The van der Waals surface area contributed by atoms with Gasteiger partial charge in [0.1, 0.15) is 5.75 Å². The lowest BCUT2D eigenvalue weighted by molar-refractivity contribution is 0.00578. The van der Waals surface area contributed by atoms with Gasteiger partial charge in [0.25, 0.3) is 0 Å². The minimum Gasteiger partial charge on any atom is -0.494 e. The van der Waals surface area contributed by atoms with Gasteiger partial charge in [-0.25, -0.2) is 0 Å². The van der Waals surface area contributed by atoms with Crippen LogP contribution >= 0.6 is 11.6 Å². The first-order valence-corrected chi connectivity index (χ1v) is 6.92. The largest absolute Gasteiger partial charge is 0.496 e. The van der Waals surface area contributed by atoms with Crippen molar-refractivity contribution in [1.82, 2.24) is 0 Å². The van der Waals surface area contributed by atoms with Crippen molar-refractivity contribution in [3.8, 4) is 5.75 Å². The van der Waals surface area contributed by atoms with Crippen molar-refractivity contribution in [2.75, 3.05) is 6.61 Å². The van der Waals surface area contributed by atoms with E-state index in [1.54, 1.807) is 0 Å². The van der Waals surface area contributed by atoms with Crippen LogP contribution < -0.4 is 10.2 Å². The van der Waals surface area contributed by atoms with Gasteiger partial charge in [0.05, 0.1) is 17.8 Å². The zero-order valence-corrected chi connectivity index (χ0v) is 12.9. The van der Waals surface area contributed by atoms with Gasteiger partial charge in [0.2, 0.25) is 0 Å². The van der Waals surface area contributed by atoms with Gasteiger partial charge < -0.3 is 14.0 Å². The first kappa shape index (κ1) is 14.7. The molecule has 104 valence electrons. The van der Waals surface area contributed by atoms with Crippen LogP contribution in [0.4, 0.5) is 0 Å². The first-order valence-electron chi connectivity index (χ1n) is 6.55. The van der Waals surface area contributed by atoms with Crippen LogP contribution in [-0.4, -0.2) is 24.9 Å². The molecular formula is C14H20BClO3. The lowest BCUT2D eigenvalue weighted by atomic mass is 9.79. The third-order valence-electron chi connectivity index (χ3n) is 3.79. The highest BCUT2D eigenvalue weighted by Gasteiger charge is 2.52. The molecule has 1 heterocycles. The summed E-state index contributed by atoms with van der Waals surface area (Å²) < 4.78 is 17.5. The second-order valence-corrected chi connectivity index (χ2v) is 6.11. The monoisotopic (exact) mass is 282 g/mol. The van der Waals surface area contributed by atoms with E-state index in [-0.39, 0.29) is 11.2 Å². The number of ether oxygens (including phenoxy) is 1. The summed E-state index contributed by atoms with van der Waals surface area (Å²) in [5.74, 6) is 0.775. The van der Waals surface area contributed by atoms with Gasteiger partial charge in [-0.2, -0.15) is 0 Å². The third-order valence-corrected chi connectivity index (χ3v) is 4.13. The molecule has 0 N–H and O–H groups in total. The maximum atomic E-state index is 6.25. The Hall–Kier alpha value is -0.705. The average molecular weight is 283 g/mol. The van der Waals surface area contributed by atoms with Crippen molar-refractivity contribution in [2.45, 2.75) is 45.8 Å². The molecule has 1 aliphatic rings. The summed E-state index contributed by atoms with van der Waals surface area (Å²) in [6.07, 6.45) is 0. The van der Waals surface area contributed by atoms with Crippen molar-refractivity contribution in [1.29, 1.82) is 0 Å². The molecule has 5 heteroatoms. The maximum Gasteiger partial charge on any atom is 0.496 e. The van der Waals surface area contributed by atoms with Crippen LogP contribution in [0.2, 0.25) is 5.02 Å². The predicted molar refractivity (Wildman–Crippen MR) is 78.3 cm³/mol. The van der Waals surface area contributed by atoms with E-state index in [0.717, 1.165) is 11.2 Å². The molecule has 3 nitrogen and oxygen atoms in total. The number of halogens is 1. The average Bonchev–Trinajstić information content (AvgIpc) is 2.51. The Kier molecular flexibility index (Phi) is 3.87. The van der Waals surface area contributed by atoms with Crippen molar-refractivity contribution in [3.63, 3.8) is 0 Å². The molecule has 2 rings (SSSR count). The summed E-state index contributed by atoms with van der Waals surface area (Å²) in [6, 6.07) is 5.54. The molecule has 0 radical (unpaired) electrons. The fraction of sp³-hybridized carbons (Fsp3) is 0.571. The van der Waals surface area contributed by atoms with E-state index in [0.29, 0.717) is 11.6 Å². The van der Waals surface area contributed by atoms with Crippen LogP contribution in [0.1, 0.15) is 34.6 Å². The van der Waals surface area contributed by atoms with E-state index in [9.17, 15) is 0 Å². The third kappa shape index (κ3) is 2.76. The van der Waals surface area contributed by atoms with Gasteiger partial charge in [-0.3, -0.25) is 0 Å². The summed E-state index contributed by atoms with van der Waals surface area (Å²) in [5, 5.41) is 0.627. The van der Waals surface area contributed by atoms with Crippen molar-refractivity contribution >= 4 is 24.2 Å². The van der Waals surface area contributed by atoms with E-state index >= 15 is 0 Å². The topological polar surface area (TPSA) is 27.7 Å². The Morgan fingerprint density at radius 3 is 2.26 bits per heavy atom. The molecule has 19 heavy (non-hydrogen) atoms. The highest BCUT2D eigenvalue weighted by atomic mass is 35.5. The lowest BCUT2D eigenvalue weighted by Crippen LogP contribution is -2.41. The van der Waals surface area contributed by atoms with E-state index in [4.69, 9.17) is 25.6 Å². The molecule has 0 bridgehead atoms. The van der Waals surface area contributed by atoms with Crippen LogP contribution in [-0.2, 0) is 9.31 Å². The summed E-state index contributed by atoms with van der Waals surface area (Å²) in [6.45, 7) is 10.6. The second-order valence-electron chi connectivity index (χ2n) is 5.70. The first-order chi connectivity index (χ1) is 8.77. The van der Waals surface area contributed by atoms with Crippen LogP contribution in [0.3, 0.4) is 0 Å². The highest BCUT2D eigenvalue weighted by Crippen LogP contribution is 2.37. The standard InChI is InChI=1S/C14H20BClO3/c1-6-17-10-7-8-12(16)11(9-10)15-18-13(2,3)14(4,5)19-15/h7-9H,6H2,1-5H3. The SMILES string of the molecule is CCOc1ccc(Cl)c(B2OC(C)(C)C(C)(C)O2)c1. The number of rotatable bonds is 3. The van der Waals surface area contributed by atoms with E-state index in [2.05, 4.69) is 0 Å². The second kappa shape index (κ2) is 5.00. The Morgan fingerprint density at radius 1 is 1.16 bits per heavy atom. The molecule has 0 amide bonds. The number of hydrogen-bond acceptors (Lipinski definition) is 3. The van der Waals surface area contributed by atoms with Crippen LogP contribution in [0.15, 0.2) is 18.2 Å². The van der Waals surface area contributed by atoms with Gasteiger partial charge in [0.15, 0.2) is 0 Å². The van der Waals surface area contributed by atoms with Gasteiger partial charge in [-0.1, -0.05) is 11.6 Å². The van der Waals surface area contributed by atoms with Gasteiger partial charge in [-0.15, -0.1) is 0 Å². The Labute approximate surface area is 120 Å². The molecule has 1 fully saturated rings. The lowest BCUT2D eigenvalue weighted by Gasteiger charge is -2.32. The quantitative estimate of drug-likeness (QED) is 0.798. The van der Waals surface area contributed by atoms with Crippen molar-refractivity contribution in [3.05, 3.63) is 23.2 Å². The molecule has 0 unspecified atom stereocenters. The van der Waals surface area contributed by atoms with E-state index < -0.39 is 7.12 Å². The predicted octanol–water partition coefficient (Wildman–Crippen LogP) is 3.04. The molecule has 0 spiro atoms. The van der Waals surface area contributed by atoms with Crippen LogP contribution in [0.5, 0.6) is 5.75 Å². The Bertz CT molecular complexity index is 458. The number of hydrogen-bond donors (Lipinski definition) is 0. The molecule has 1 saturated heterocycles. The Morgan fingerprint density at radius 2 is 1.74 bits per heavy atom. The van der Waals surface area contributed by atoms with E-state index in [1.807, 2.05) is 52.8 Å². The zero-order valence-electron chi connectivity index (χ0n) is 12.1. The highest BCUT2D eigenvalue weighted by molar-refractivity contribution is 6.65. The summed E-state index contributed by atoms with van der Waals surface area (Å²) in [7, 11) is -0.460. The smallest absolute Gasteiger partial charge is 0.494 e. The van der Waals surface area contributed by atoms with Crippen molar-refractivity contribution < 1.29 is 14.0 Å². The summed E-state index contributed by atoms with van der Waals surface area (Å²) in [5.41, 5.74) is 0.0665. The molecule has 1 aromatic rings. The zero-order chi connectivity index (χ0) is 14.3. The van der Waals surface area contributed by atoms with Gasteiger partial charge >= 0.3 is 7.12 Å². The molecule has 1 aliphatic heterocycles. The van der Waals surface area contributed by atoms with Crippen LogP contribution in [0, 0.1) is 0 Å². The molecule has 0 atom stereocenters. The fourth-order valence-corrected chi connectivity index (χ4v) is 2.14. The molecule has 1 aromatic carbocycles. The summed E-state index contributed by atoms with van der Waals surface area (Å²) >= 11 is 6.25. The number of benzene rings is 1. The van der Waals surface area contributed by atoms with Gasteiger partial charge in [-0.05, 0) is 52.8 Å². The normalized spacial score (nSPS) is 20.6. The van der Waals surface area contributed by atoms with E-state index in [1.165, 1.54) is 0 Å². The molecule has 0 aromatic heterocycles. The molecular weight excluding hydrogens is 262 g/mol.